The number of aromatic nitrogens is 2. The topological polar surface area (TPSA) is 59.2 Å². The number of hydrogen-bond donors (Lipinski definition) is 0. The van der Waals surface area contributed by atoms with Crippen molar-refractivity contribution in [2.75, 3.05) is 13.1 Å². The van der Waals surface area contributed by atoms with E-state index in [0.717, 1.165) is 18.5 Å². The summed E-state index contributed by atoms with van der Waals surface area (Å²) in [4.78, 5) is 23.2. The molecule has 21 heavy (non-hydrogen) atoms. The summed E-state index contributed by atoms with van der Waals surface area (Å²) in [5, 5.41) is 0. The standard InChI is InChI=1S/C16H17N3O2/c20-16(14-2-1-9-21-14)19-7-5-12-13(6-8-19)17-10-18-15(12)11-3-4-11/h1-2,9-11H,3-8H2. The zero-order valence-corrected chi connectivity index (χ0v) is 11.8. The predicted molar refractivity (Wildman–Crippen MR) is 76.0 cm³/mol. The molecule has 3 heterocycles. The van der Waals surface area contributed by atoms with Crippen molar-refractivity contribution in [1.29, 1.82) is 0 Å². The average Bonchev–Trinajstić information content (AvgIpc) is 3.25. The van der Waals surface area contributed by atoms with Crippen LogP contribution in [0.5, 0.6) is 0 Å². The van der Waals surface area contributed by atoms with Crippen molar-refractivity contribution in [1.82, 2.24) is 14.9 Å². The van der Waals surface area contributed by atoms with Crippen molar-refractivity contribution in [2.24, 2.45) is 0 Å². The number of carbonyl (C=O) groups is 1. The van der Waals surface area contributed by atoms with Gasteiger partial charge in [0.2, 0.25) is 0 Å². The SMILES string of the molecule is O=C(c1ccco1)N1CCc2ncnc(C3CC3)c2CC1. The van der Waals surface area contributed by atoms with Gasteiger partial charge >= 0.3 is 0 Å². The summed E-state index contributed by atoms with van der Waals surface area (Å²) in [6.45, 7) is 1.40. The molecule has 0 atom stereocenters. The molecule has 1 amide bonds. The van der Waals surface area contributed by atoms with Crippen LogP contribution < -0.4 is 0 Å². The number of carbonyl (C=O) groups excluding carboxylic acids is 1. The largest absolute Gasteiger partial charge is 0.459 e. The summed E-state index contributed by atoms with van der Waals surface area (Å²) in [6, 6.07) is 3.46. The number of furan rings is 1. The van der Waals surface area contributed by atoms with Gasteiger partial charge in [-0.2, -0.15) is 0 Å². The lowest BCUT2D eigenvalue weighted by atomic mass is 10.0. The Morgan fingerprint density at radius 3 is 2.86 bits per heavy atom. The average molecular weight is 283 g/mol. The van der Waals surface area contributed by atoms with Gasteiger partial charge in [-0.15, -0.1) is 0 Å². The zero-order valence-electron chi connectivity index (χ0n) is 11.8. The maximum atomic E-state index is 12.4. The highest BCUT2D eigenvalue weighted by Crippen LogP contribution is 2.41. The zero-order chi connectivity index (χ0) is 14.2. The third-order valence-corrected chi connectivity index (χ3v) is 4.30. The molecule has 1 aliphatic carbocycles. The van der Waals surface area contributed by atoms with E-state index in [-0.39, 0.29) is 5.91 Å². The second kappa shape index (κ2) is 4.98. The second-order valence-corrected chi connectivity index (χ2v) is 5.73. The molecule has 0 N–H and O–H groups in total. The smallest absolute Gasteiger partial charge is 0.289 e. The predicted octanol–water partition coefficient (Wildman–Crippen LogP) is 2.19. The Morgan fingerprint density at radius 1 is 1.24 bits per heavy atom. The molecule has 2 aromatic rings. The number of rotatable bonds is 2. The van der Waals surface area contributed by atoms with Gasteiger partial charge in [-0.25, -0.2) is 9.97 Å². The Balaban J connectivity index is 1.57. The summed E-state index contributed by atoms with van der Waals surface area (Å²) in [6.07, 6.45) is 7.32. The van der Waals surface area contributed by atoms with E-state index in [9.17, 15) is 4.79 Å². The Hall–Kier alpha value is -2.17. The molecule has 0 radical (unpaired) electrons. The van der Waals surface area contributed by atoms with Crippen LogP contribution in [0.15, 0.2) is 29.1 Å². The van der Waals surface area contributed by atoms with Crippen LogP contribution >= 0.6 is 0 Å². The highest BCUT2D eigenvalue weighted by Gasteiger charge is 2.31. The lowest BCUT2D eigenvalue weighted by Crippen LogP contribution is -2.33. The molecular formula is C16H17N3O2. The van der Waals surface area contributed by atoms with E-state index >= 15 is 0 Å². The minimum atomic E-state index is -0.0336. The quantitative estimate of drug-likeness (QED) is 0.847. The maximum absolute atomic E-state index is 12.4. The fourth-order valence-corrected chi connectivity index (χ4v) is 3.02. The van der Waals surface area contributed by atoms with Crippen LogP contribution in [0.2, 0.25) is 0 Å². The molecule has 108 valence electrons. The Kier molecular flexibility index (Phi) is 2.98. The van der Waals surface area contributed by atoms with Crippen molar-refractivity contribution in [3.8, 4) is 0 Å². The molecular weight excluding hydrogens is 266 g/mol. The van der Waals surface area contributed by atoms with Crippen LogP contribution in [0.1, 0.15) is 46.3 Å². The molecule has 4 rings (SSSR count). The molecule has 0 spiro atoms. The van der Waals surface area contributed by atoms with Gasteiger partial charge in [0.25, 0.3) is 5.91 Å². The Labute approximate surface area is 123 Å². The molecule has 0 unspecified atom stereocenters. The lowest BCUT2D eigenvalue weighted by molar-refractivity contribution is 0.0731. The lowest BCUT2D eigenvalue weighted by Gasteiger charge is -2.18. The van der Waals surface area contributed by atoms with Crippen LogP contribution in [0, 0.1) is 0 Å². The molecule has 1 fully saturated rings. The first-order valence-electron chi connectivity index (χ1n) is 7.48. The van der Waals surface area contributed by atoms with E-state index in [2.05, 4.69) is 9.97 Å². The minimum Gasteiger partial charge on any atom is -0.459 e. The molecule has 5 nitrogen and oxygen atoms in total. The van der Waals surface area contributed by atoms with Gasteiger partial charge in [0.1, 0.15) is 6.33 Å². The summed E-state index contributed by atoms with van der Waals surface area (Å²) in [5.41, 5.74) is 3.60. The van der Waals surface area contributed by atoms with Crippen molar-refractivity contribution >= 4 is 5.91 Å². The normalized spacial score (nSPS) is 18.2. The summed E-state index contributed by atoms with van der Waals surface area (Å²) in [7, 11) is 0. The number of fused-ring (bicyclic) bond motifs is 1. The third kappa shape index (κ3) is 2.33. The molecule has 0 aromatic carbocycles. The van der Waals surface area contributed by atoms with E-state index in [1.165, 1.54) is 30.4 Å². The van der Waals surface area contributed by atoms with Gasteiger partial charge in [-0.05, 0) is 37.0 Å². The van der Waals surface area contributed by atoms with Crippen molar-refractivity contribution in [2.45, 2.75) is 31.6 Å². The summed E-state index contributed by atoms with van der Waals surface area (Å²) >= 11 is 0. The fraction of sp³-hybridized carbons (Fsp3) is 0.438. The molecule has 2 aliphatic rings. The van der Waals surface area contributed by atoms with E-state index in [0.29, 0.717) is 24.8 Å². The first-order chi connectivity index (χ1) is 10.3. The molecule has 1 saturated carbocycles. The van der Waals surface area contributed by atoms with Gasteiger partial charge in [0.05, 0.1) is 12.0 Å². The molecule has 1 aliphatic heterocycles. The van der Waals surface area contributed by atoms with Crippen LogP contribution in [0.25, 0.3) is 0 Å². The summed E-state index contributed by atoms with van der Waals surface area (Å²) in [5.74, 6) is 0.997. The highest BCUT2D eigenvalue weighted by atomic mass is 16.3. The number of nitrogens with zero attached hydrogens (tertiary/aromatic N) is 3. The van der Waals surface area contributed by atoms with Gasteiger partial charge in [0, 0.05) is 31.1 Å². The fourth-order valence-electron chi connectivity index (χ4n) is 3.02. The van der Waals surface area contributed by atoms with E-state index in [1.807, 2.05) is 4.90 Å². The van der Waals surface area contributed by atoms with E-state index in [4.69, 9.17) is 4.42 Å². The number of hydrogen-bond acceptors (Lipinski definition) is 4. The number of amides is 1. The summed E-state index contributed by atoms with van der Waals surface area (Å²) < 4.78 is 5.22. The van der Waals surface area contributed by atoms with Crippen molar-refractivity contribution in [3.63, 3.8) is 0 Å². The second-order valence-electron chi connectivity index (χ2n) is 5.73. The van der Waals surface area contributed by atoms with Gasteiger partial charge in [-0.1, -0.05) is 0 Å². The third-order valence-electron chi connectivity index (χ3n) is 4.30. The van der Waals surface area contributed by atoms with Gasteiger partial charge in [0.15, 0.2) is 5.76 Å². The molecule has 0 saturated heterocycles. The molecule has 5 heteroatoms. The first-order valence-corrected chi connectivity index (χ1v) is 7.48. The van der Waals surface area contributed by atoms with Gasteiger partial charge < -0.3 is 9.32 Å². The van der Waals surface area contributed by atoms with Crippen molar-refractivity contribution < 1.29 is 9.21 Å². The van der Waals surface area contributed by atoms with Crippen LogP contribution in [-0.2, 0) is 12.8 Å². The van der Waals surface area contributed by atoms with E-state index in [1.54, 1.807) is 18.5 Å². The van der Waals surface area contributed by atoms with Crippen LogP contribution in [0.3, 0.4) is 0 Å². The Morgan fingerprint density at radius 2 is 2.10 bits per heavy atom. The van der Waals surface area contributed by atoms with E-state index < -0.39 is 0 Å². The Bertz CT molecular complexity index is 662. The van der Waals surface area contributed by atoms with Gasteiger partial charge in [-0.3, -0.25) is 4.79 Å². The minimum absolute atomic E-state index is 0.0336. The van der Waals surface area contributed by atoms with Crippen molar-refractivity contribution in [3.05, 3.63) is 47.4 Å². The first kappa shape index (κ1) is 12.6. The highest BCUT2D eigenvalue weighted by molar-refractivity contribution is 5.91. The maximum Gasteiger partial charge on any atom is 0.289 e. The molecule has 0 bridgehead atoms. The monoisotopic (exact) mass is 283 g/mol. The van der Waals surface area contributed by atoms with Crippen LogP contribution in [-0.4, -0.2) is 33.9 Å². The molecule has 2 aromatic heterocycles. The van der Waals surface area contributed by atoms with Crippen LogP contribution in [0.4, 0.5) is 0 Å².